The van der Waals surface area contributed by atoms with Gasteiger partial charge in [-0.15, -0.1) is 0 Å². The lowest BCUT2D eigenvalue weighted by Gasteiger charge is -2.25. The fourth-order valence-electron chi connectivity index (χ4n) is 2.25. The number of hydrogen-bond acceptors (Lipinski definition) is 3. The van der Waals surface area contributed by atoms with Crippen LogP contribution in [0.5, 0.6) is 0 Å². The predicted molar refractivity (Wildman–Crippen MR) is 69.7 cm³/mol. The van der Waals surface area contributed by atoms with Gasteiger partial charge in [0.2, 0.25) is 0 Å². The van der Waals surface area contributed by atoms with Crippen molar-refractivity contribution in [1.29, 1.82) is 0 Å². The highest BCUT2D eigenvalue weighted by atomic mass is 16.5. The number of carbonyl (C=O) groups excluding carboxylic acids is 1. The van der Waals surface area contributed by atoms with Crippen molar-refractivity contribution in [1.82, 2.24) is 0 Å². The molecule has 0 aromatic heterocycles. The second kappa shape index (κ2) is 9.46. The fourth-order valence-corrected chi connectivity index (χ4v) is 2.25. The number of carbonyl (C=O) groups is 1. The number of ether oxygens (including phenoxy) is 1. The first-order valence-electron chi connectivity index (χ1n) is 6.85. The van der Waals surface area contributed by atoms with Gasteiger partial charge in [-0.1, -0.05) is 33.6 Å². The lowest BCUT2D eigenvalue weighted by atomic mass is 9.81. The van der Waals surface area contributed by atoms with Gasteiger partial charge in [0.25, 0.3) is 0 Å². The van der Waals surface area contributed by atoms with Crippen LogP contribution in [0.2, 0.25) is 0 Å². The van der Waals surface area contributed by atoms with E-state index in [-0.39, 0.29) is 12.6 Å². The molecule has 102 valence electrons. The van der Waals surface area contributed by atoms with E-state index in [9.17, 15) is 9.90 Å². The smallest absolute Gasteiger partial charge is 0.306 e. The Balaban J connectivity index is 4.19. The van der Waals surface area contributed by atoms with Gasteiger partial charge in [-0.3, -0.25) is 4.79 Å². The number of esters is 1. The molecule has 3 nitrogen and oxygen atoms in total. The second-order valence-electron chi connectivity index (χ2n) is 4.85. The number of rotatable bonds is 9. The molecule has 0 bridgehead atoms. The van der Waals surface area contributed by atoms with Crippen molar-refractivity contribution in [2.24, 2.45) is 17.8 Å². The zero-order valence-electron chi connectivity index (χ0n) is 11.7. The van der Waals surface area contributed by atoms with Crippen LogP contribution in [0.4, 0.5) is 0 Å². The summed E-state index contributed by atoms with van der Waals surface area (Å²) in [5, 5.41) is 9.23. The molecular formula is C14H28O3. The Bertz CT molecular complexity index is 200. The molecule has 3 unspecified atom stereocenters. The molecule has 0 fully saturated rings. The first kappa shape index (κ1) is 16.4. The Morgan fingerprint density at radius 1 is 1.24 bits per heavy atom. The van der Waals surface area contributed by atoms with Crippen LogP contribution < -0.4 is 0 Å². The van der Waals surface area contributed by atoms with E-state index in [1.54, 1.807) is 0 Å². The molecule has 0 aromatic carbocycles. The van der Waals surface area contributed by atoms with Crippen LogP contribution in [-0.4, -0.2) is 24.3 Å². The van der Waals surface area contributed by atoms with Crippen LogP contribution in [0.25, 0.3) is 0 Å². The van der Waals surface area contributed by atoms with Gasteiger partial charge in [0.1, 0.15) is 0 Å². The van der Waals surface area contributed by atoms with Crippen molar-refractivity contribution >= 4 is 5.97 Å². The van der Waals surface area contributed by atoms with E-state index in [0.717, 1.165) is 19.3 Å². The molecule has 0 radical (unpaired) electrons. The Labute approximate surface area is 106 Å². The Morgan fingerprint density at radius 2 is 1.88 bits per heavy atom. The number of aliphatic hydroxyl groups excluding tert-OH is 1. The summed E-state index contributed by atoms with van der Waals surface area (Å²) >= 11 is 0. The van der Waals surface area contributed by atoms with Gasteiger partial charge < -0.3 is 9.84 Å². The summed E-state index contributed by atoms with van der Waals surface area (Å²) in [6, 6.07) is 0. The molecule has 0 aromatic rings. The number of hydrogen-bond donors (Lipinski definition) is 1. The minimum atomic E-state index is -0.101. The second-order valence-corrected chi connectivity index (χ2v) is 4.85. The van der Waals surface area contributed by atoms with Crippen molar-refractivity contribution in [2.45, 2.75) is 53.4 Å². The summed E-state index contributed by atoms with van der Waals surface area (Å²) in [4.78, 5) is 11.4. The fraction of sp³-hybridized carbons (Fsp3) is 0.929. The zero-order valence-corrected chi connectivity index (χ0v) is 11.7. The monoisotopic (exact) mass is 244 g/mol. The molecule has 0 amide bonds. The Morgan fingerprint density at radius 3 is 2.29 bits per heavy atom. The van der Waals surface area contributed by atoms with E-state index in [2.05, 4.69) is 20.8 Å². The summed E-state index contributed by atoms with van der Waals surface area (Å²) in [7, 11) is 0. The summed E-state index contributed by atoms with van der Waals surface area (Å²) in [5.41, 5.74) is 0. The van der Waals surface area contributed by atoms with Crippen LogP contribution in [0.1, 0.15) is 53.4 Å². The third kappa shape index (κ3) is 6.67. The first-order valence-corrected chi connectivity index (χ1v) is 6.85. The molecule has 0 saturated carbocycles. The molecule has 0 rings (SSSR count). The summed E-state index contributed by atoms with van der Waals surface area (Å²) in [6.07, 6.45) is 3.55. The van der Waals surface area contributed by atoms with Gasteiger partial charge in [-0.25, -0.2) is 0 Å². The van der Waals surface area contributed by atoms with Crippen LogP contribution in [0.15, 0.2) is 0 Å². The molecule has 0 spiro atoms. The molecular weight excluding hydrogens is 216 g/mol. The summed E-state index contributed by atoms with van der Waals surface area (Å²) < 4.78 is 4.98. The van der Waals surface area contributed by atoms with Crippen LogP contribution >= 0.6 is 0 Å². The number of aliphatic hydroxyl groups is 1. The standard InChI is InChI=1S/C14H28O3/c1-5-12(10-15)9-13(6-2)11(4)8-14(16)17-7-3/h11-13,15H,5-10H2,1-4H3. The highest BCUT2D eigenvalue weighted by molar-refractivity contribution is 5.69. The van der Waals surface area contributed by atoms with Crippen molar-refractivity contribution in [3.05, 3.63) is 0 Å². The van der Waals surface area contributed by atoms with Crippen LogP contribution in [0, 0.1) is 17.8 Å². The molecule has 17 heavy (non-hydrogen) atoms. The molecule has 3 heteroatoms. The lowest BCUT2D eigenvalue weighted by Crippen LogP contribution is -2.20. The van der Waals surface area contributed by atoms with E-state index in [0.29, 0.717) is 30.8 Å². The summed E-state index contributed by atoms with van der Waals surface area (Å²) in [5.74, 6) is 1.09. The van der Waals surface area contributed by atoms with E-state index < -0.39 is 0 Å². The molecule has 1 N–H and O–H groups in total. The Hall–Kier alpha value is -0.570. The maximum absolute atomic E-state index is 11.4. The SMILES string of the molecule is CCOC(=O)CC(C)C(CC)CC(CC)CO. The van der Waals surface area contributed by atoms with Gasteiger partial charge in [0.05, 0.1) is 6.61 Å². The minimum absolute atomic E-state index is 0.101. The third-order valence-electron chi connectivity index (χ3n) is 3.59. The largest absolute Gasteiger partial charge is 0.466 e. The van der Waals surface area contributed by atoms with Gasteiger partial charge in [-0.05, 0) is 31.1 Å². The molecule has 0 aliphatic rings. The van der Waals surface area contributed by atoms with E-state index in [4.69, 9.17) is 4.74 Å². The van der Waals surface area contributed by atoms with Gasteiger partial charge in [0, 0.05) is 13.0 Å². The normalized spacial score (nSPS) is 16.3. The lowest BCUT2D eigenvalue weighted by molar-refractivity contribution is -0.144. The average Bonchev–Trinajstić information content (AvgIpc) is 2.30. The van der Waals surface area contributed by atoms with Gasteiger partial charge >= 0.3 is 5.97 Å². The highest BCUT2D eigenvalue weighted by Crippen LogP contribution is 2.27. The predicted octanol–water partition coefficient (Wildman–Crippen LogP) is 3.01. The molecule has 0 heterocycles. The maximum atomic E-state index is 11.4. The highest BCUT2D eigenvalue weighted by Gasteiger charge is 2.22. The minimum Gasteiger partial charge on any atom is -0.466 e. The Kier molecular flexibility index (Phi) is 9.14. The van der Waals surface area contributed by atoms with Crippen molar-refractivity contribution in [3.63, 3.8) is 0 Å². The van der Waals surface area contributed by atoms with Crippen LogP contribution in [-0.2, 0) is 9.53 Å². The topological polar surface area (TPSA) is 46.5 Å². The average molecular weight is 244 g/mol. The third-order valence-corrected chi connectivity index (χ3v) is 3.59. The molecule has 0 saturated heterocycles. The zero-order chi connectivity index (χ0) is 13.3. The van der Waals surface area contributed by atoms with Gasteiger partial charge in [-0.2, -0.15) is 0 Å². The molecule has 0 aliphatic heterocycles. The van der Waals surface area contributed by atoms with E-state index in [1.807, 2.05) is 6.92 Å². The maximum Gasteiger partial charge on any atom is 0.306 e. The quantitative estimate of drug-likeness (QED) is 0.634. The first-order chi connectivity index (χ1) is 8.08. The van der Waals surface area contributed by atoms with E-state index >= 15 is 0 Å². The van der Waals surface area contributed by atoms with E-state index in [1.165, 1.54) is 0 Å². The van der Waals surface area contributed by atoms with Crippen molar-refractivity contribution in [2.75, 3.05) is 13.2 Å². The van der Waals surface area contributed by atoms with Crippen LogP contribution in [0.3, 0.4) is 0 Å². The molecule has 3 atom stereocenters. The van der Waals surface area contributed by atoms with Gasteiger partial charge in [0.15, 0.2) is 0 Å². The molecule has 0 aliphatic carbocycles. The van der Waals surface area contributed by atoms with Crippen molar-refractivity contribution < 1.29 is 14.6 Å². The van der Waals surface area contributed by atoms with Crippen molar-refractivity contribution in [3.8, 4) is 0 Å². The summed E-state index contributed by atoms with van der Waals surface area (Å²) in [6.45, 7) is 8.89.